The average molecular weight is 531 g/mol. The van der Waals surface area contributed by atoms with E-state index in [1.54, 1.807) is 61.0 Å². The van der Waals surface area contributed by atoms with Crippen LogP contribution in [0.1, 0.15) is 31.8 Å². The van der Waals surface area contributed by atoms with E-state index in [-0.39, 0.29) is 11.7 Å². The summed E-state index contributed by atoms with van der Waals surface area (Å²) in [6.45, 7) is 1.67. The molecule has 7 nitrogen and oxygen atoms in total. The molecule has 1 aromatic carbocycles. The van der Waals surface area contributed by atoms with Gasteiger partial charge in [-0.25, -0.2) is 5.43 Å². The molecule has 0 saturated heterocycles. The quantitative estimate of drug-likeness (QED) is 0.201. The van der Waals surface area contributed by atoms with Crippen molar-refractivity contribution in [3.8, 4) is 16.2 Å². The van der Waals surface area contributed by atoms with E-state index in [2.05, 4.69) is 20.8 Å². The maximum Gasteiger partial charge on any atom is 0.281 e. The summed E-state index contributed by atoms with van der Waals surface area (Å²) in [4.78, 5) is 30.1. The molecule has 4 aromatic rings. The molecule has 0 unspecified atom stereocenters. The molecule has 34 heavy (non-hydrogen) atoms. The third kappa shape index (κ3) is 5.28. The van der Waals surface area contributed by atoms with Gasteiger partial charge in [0.05, 0.1) is 47.8 Å². The molecule has 0 aliphatic rings. The summed E-state index contributed by atoms with van der Waals surface area (Å²) in [5.41, 5.74) is 4.64. The van der Waals surface area contributed by atoms with Crippen molar-refractivity contribution in [3.63, 3.8) is 0 Å². The monoisotopic (exact) mass is 530 g/mol. The number of hydrogen-bond acceptors (Lipinski definition) is 7. The first-order valence-electron chi connectivity index (χ1n) is 9.75. The standard InChI is InChI=1S/C23H16Cl2N4O3S2/c1-12(15-11-33-21(20(15)30)13-4-5-16(24)17(25)9-13)28-29-23(32)19-7-6-18(34-19)22(31)27-14-3-2-8-26-10-14/h2-11,30H,1H3,(H,27,31)(H,29,32). The molecule has 0 aliphatic carbocycles. The Labute approximate surface area is 212 Å². The van der Waals surface area contributed by atoms with Crippen LogP contribution in [-0.2, 0) is 0 Å². The van der Waals surface area contributed by atoms with Gasteiger partial charge in [-0.2, -0.15) is 5.10 Å². The molecule has 172 valence electrons. The highest BCUT2D eigenvalue weighted by molar-refractivity contribution is 7.16. The Bertz CT molecular complexity index is 1400. The number of rotatable bonds is 6. The van der Waals surface area contributed by atoms with Crippen molar-refractivity contribution in [3.05, 3.63) is 85.6 Å². The second-order valence-corrected chi connectivity index (χ2v) is 9.73. The van der Waals surface area contributed by atoms with Crippen molar-refractivity contribution in [2.75, 3.05) is 5.32 Å². The fraction of sp³-hybridized carbons (Fsp3) is 0.0435. The number of thiophene rings is 2. The SMILES string of the molecule is CC(=NNC(=O)c1ccc(C(=O)Nc2cccnc2)s1)c1csc(-c2ccc(Cl)c(Cl)c2)c1O. The highest BCUT2D eigenvalue weighted by Crippen LogP contribution is 2.40. The number of pyridine rings is 1. The lowest BCUT2D eigenvalue weighted by molar-refractivity contribution is 0.0958. The average Bonchev–Trinajstić information content (AvgIpc) is 3.47. The lowest BCUT2D eigenvalue weighted by Crippen LogP contribution is -2.18. The molecule has 3 heterocycles. The number of hydrogen-bond donors (Lipinski definition) is 3. The third-order valence-electron chi connectivity index (χ3n) is 4.63. The number of halogens is 2. The van der Waals surface area contributed by atoms with E-state index in [1.807, 2.05) is 0 Å². The lowest BCUT2D eigenvalue weighted by atomic mass is 10.1. The summed E-state index contributed by atoms with van der Waals surface area (Å²) in [7, 11) is 0. The number of nitrogens with one attached hydrogen (secondary N) is 2. The third-order valence-corrected chi connectivity index (χ3v) is 7.47. The van der Waals surface area contributed by atoms with Crippen LogP contribution in [0.15, 0.2) is 65.3 Å². The predicted octanol–water partition coefficient (Wildman–Crippen LogP) is 6.29. The van der Waals surface area contributed by atoms with E-state index < -0.39 is 5.91 Å². The Morgan fingerprint density at radius 1 is 1.06 bits per heavy atom. The molecule has 4 rings (SSSR count). The first-order valence-corrected chi connectivity index (χ1v) is 12.2. The Morgan fingerprint density at radius 3 is 2.53 bits per heavy atom. The molecule has 0 radical (unpaired) electrons. The molecule has 0 spiro atoms. The number of aromatic hydroxyl groups is 1. The van der Waals surface area contributed by atoms with E-state index in [0.717, 1.165) is 16.9 Å². The molecule has 0 bridgehead atoms. The molecule has 0 atom stereocenters. The molecular formula is C23H16Cl2N4O3S2. The zero-order valence-corrected chi connectivity index (χ0v) is 20.6. The van der Waals surface area contributed by atoms with Crippen molar-refractivity contribution < 1.29 is 14.7 Å². The molecular weight excluding hydrogens is 515 g/mol. The van der Waals surface area contributed by atoms with Gasteiger partial charge in [0, 0.05) is 11.6 Å². The van der Waals surface area contributed by atoms with Gasteiger partial charge in [0.25, 0.3) is 11.8 Å². The van der Waals surface area contributed by atoms with Crippen LogP contribution in [0.4, 0.5) is 5.69 Å². The number of anilines is 1. The van der Waals surface area contributed by atoms with Gasteiger partial charge in [-0.3, -0.25) is 14.6 Å². The summed E-state index contributed by atoms with van der Waals surface area (Å²) < 4.78 is 0. The molecule has 0 fully saturated rings. The summed E-state index contributed by atoms with van der Waals surface area (Å²) in [6.07, 6.45) is 3.14. The summed E-state index contributed by atoms with van der Waals surface area (Å²) in [5, 5.41) is 20.0. The Balaban J connectivity index is 1.44. The molecule has 3 aromatic heterocycles. The molecule has 2 amide bonds. The fourth-order valence-electron chi connectivity index (χ4n) is 2.91. The summed E-state index contributed by atoms with van der Waals surface area (Å²) in [5.74, 6) is -0.775. The van der Waals surface area contributed by atoms with E-state index in [4.69, 9.17) is 23.2 Å². The van der Waals surface area contributed by atoms with Gasteiger partial charge in [-0.05, 0) is 48.9 Å². The molecule has 0 aliphatic heterocycles. The minimum atomic E-state index is -0.468. The van der Waals surface area contributed by atoms with E-state index >= 15 is 0 Å². The Hall–Kier alpha value is -3.24. The van der Waals surface area contributed by atoms with E-state index in [0.29, 0.717) is 41.6 Å². The first-order chi connectivity index (χ1) is 16.3. The maximum atomic E-state index is 12.5. The minimum absolute atomic E-state index is 0.0318. The van der Waals surface area contributed by atoms with Gasteiger partial charge in [-0.1, -0.05) is 29.3 Å². The van der Waals surface area contributed by atoms with Crippen LogP contribution in [0.3, 0.4) is 0 Å². The number of hydrazone groups is 1. The van der Waals surface area contributed by atoms with Crippen LogP contribution < -0.4 is 10.7 Å². The van der Waals surface area contributed by atoms with E-state index in [9.17, 15) is 14.7 Å². The van der Waals surface area contributed by atoms with Crippen LogP contribution in [0.2, 0.25) is 10.0 Å². The van der Waals surface area contributed by atoms with Crippen LogP contribution in [0.5, 0.6) is 5.75 Å². The fourth-order valence-corrected chi connectivity index (χ4v) is 5.00. The number of nitrogens with zero attached hydrogens (tertiary/aromatic N) is 2. The van der Waals surface area contributed by atoms with Gasteiger partial charge in [0.15, 0.2) is 0 Å². The van der Waals surface area contributed by atoms with Gasteiger partial charge in [0.1, 0.15) is 5.75 Å². The van der Waals surface area contributed by atoms with Crippen molar-refractivity contribution >= 4 is 69.1 Å². The minimum Gasteiger partial charge on any atom is -0.506 e. The number of aromatic nitrogens is 1. The van der Waals surface area contributed by atoms with Crippen molar-refractivity contribution in [2.45, 2.75) is 6.92 Å². The number of carbonyl (C=O) groups is 2. The zero-order valence-electron chi connectivity index (χ0n) is 17.5. The van der Waals surface area contributed by atoms with Crippen molar-refractivity contribution in [1.82, 2.24) is 10.4 Å². The Morgan fingerprint density at radius 2 is 1.82 bits per heavy atom. The molecule has 3 N–H and O–H groups in total. The molecule has 11 heteroatoms. The first kappa shape index (κ1) is 23.9. The smallest absolute Gasteiger partial charge is 0.281 e. The van der Waals surface area contributed by atoms with Gasteiger partial charge < -0.3 is 10.4 Å². The van der Waals surface area contributed by atoms with Gasteiger partial charge in [0.2, 0.25) is 0 Å². The summed E-state index contributed by atoms with van der Waals surface area (Å²) >= 11 is 14.4. The van der Waals surface area contributed by atoms with E-state index in [1.165, 1.54) is 17.5 Å². The van der Waals surface area contributed by atoms with Gasteiger partial charge in [-0.15, -0.1) is 22.7 Å². The van der Waals surface area contributed by atoms with Crippen LogP contribution >= 0.6 is 45.9 Å². The van der Waals surface area contributed by atoms with Crippen LogP contribution in [0, 0.1) is 0 Å². The zero-order chi connectivity index (χ0) is 24.2. The summed E-state index contributed by atoms with van der Waals surface area (Å²) in [6, 6.07) is 11.6. The maximum absolute atomic E-state index is 12.5. The molecule has 0 saturated carbocycles. The van der Waals surface area contributed by atoms with Crippen LogP contribution in [-0.4, -0.2) is 27.6 Å². The van der Waals surface area contributed by atoms with Crippen LogP contribution in [0.25, 0.3) is 10.4 Å². The second-order valence-electron chi connectivity index (χ2n) is 6.95. The van der Waals surface area contributed by atoms with Crippen molar-refractivity contribution in [2.24, 2.45) is 5.10 Å². The second kappa shape index (κ2) is 10.4. The Kier molecular flexibility index (Phi) is 7.28. The largest absolute Gasteiger partial charge is 0.506 e. The number of carbonyl (C=O) groups excluding carboxylic acids is 2. The highest BCUT2D eigenvalue weighted by Gasteiger charge is 2.17. The predicted molar refractivity (Wildman–Crippen MR) is 138 cm³/mol. The normalized spacial score (nSPS) is 11.3. The lowest BCUT2D eigenvalue weighted by Gasteiger charge is -2.04. The topological polar surface area (TPSA) is 104 Å². The number of amides is 2. The van der Waals surface area contributed by atoms with Gasteiger partial charge >= 0.3 is 0 Å². The highest BCUT2D eigenvalue weighted by atomic mass is 35.5. The number of benzene rings is 1. The van der Waals surface area contributed by atoms with Crippen molar-refractivity contribution in [1.29, 1.82) is 0 Å².